The van der Waals surface area contributed by atoms with E-state index in [-0.39, 0.29) is 6.42 Å². The quantitative estimate of drug-likeness (QED) is 0.506. The van der Waals surface area contributed by atoms with Crippen molar-refractivity contribution in [2.45, 2.75) is 39.2 Å². The van der Waals surface area contributed by atoms with Crippen molar-refractivity contribution in [3.05, 3.63) is 70.7 Å². The summed E-state index contributed by atoms with van der Waals surface area (Å²) in [4.78, 5) is 20.0. The Bertz CT molecular complexity index is 1190. The van der Waals surface area contributed by atoms with Crippen molar-refractivity contribution in [2.24, 2.45) is 0 Å². The van der Waals surface area contributed by atoms with Gasteiger partial charge in [-0.15, -0.1) is 0 Å². The van der Waals surface area contributed by atoms with Gasteiger partial charge in [0.2, 0.25) is 5.88 Å². The number of benzene rings is 2. The Morgan fingerprint density at radius 1 is 1.18 bits per heavy atom. The number of methoxy groups -OCH3 is 1. The molecule has 1 atom stereocenters. The van der Waals surface area contributed by atoms with Crippen molar-refractivity contribution < 1.29 is 29.1 Å². The van der Waals surface area contributed by atoms with Crippen LogP contribution in [0.2, 0.25) is 0 Å². The summed E-state index contributed by atoms with van der Waals surface area (Å²) in [5.41, 5.74) is 4.23. The molecule has 2 heterocycles. The minimum atomic E-state index is -1.20. The molecule has 2 aromatic carbocycles. The second-order valence-electron chi connectivity index (χ2n) is 8.05. The van der Waals surface area contributed by atoms with Gasteiger partial charge in [-0.3, -0.25) is 4.79 Å². The van der Waals surface area contributed by atoms with E-state index in [4.69, 9.17) is 19.2 Å². The van der Waals surface area contributed by atoms with Gasteiger partial charge in [-0.25, -0.2) is 4.98 Å². The highest BCUT2D eigenvalue weighted by molar-refractivity contribution is 6.62. The number of nitrogens with zero attached hydrogens (tertiary/aromatic N) is 2. The lowest BCUT2D eigenvalue weighted by Crippen LogP contribution is -2.28. The second kappa shape index (κ2) is 9.60. The molecule has 0 spiro atoms. The molecule has 0 fully saturated rings. The van der Waals surface area contributed by atoms with Crippen LogP contribution in [0.3, 0.4) is 0 Å². The Morgan fingerprint density at radius 2 is 2.00 bits per heavy atom. The molecular formula is C24H25BN2O6. The van der Waals surface area contributed by atoms with Crippen LogP contribution in [0.25, 0.3) is 0 Å². The van der Waals surface area contributed by atoms with Gasteiger partial charge in [0.1, 0.15) is 17.3 Å². The van der Waals surface area contributed by atoms with Crippen molar-refractivity contribution in [3.63, 3.8) is 0 Å². The van der Waals surface area contributed by atoms with Crippen molar-refractivity contribution >= 4 is 18.6 Å². The molecule has 33 heavy (non-hydrogen) atoms. The van der Waals surface area contributed by atoms with Gasteiger partial charge in [0.15, 0.2) is 0 Å². The molecule has 0 radical (unpaired) electrons. The molecule has 3 aromatic rings. The van der Waals surface area contributed by atoms with Crippen LogP contribution in [-0.4, -0.2) is 40.3 Å². The fraction of sp³-hybridized carbons (Fsp3) is 0.292. The molecule has 1 unspecified atom stereocenters. The lowest BCUT2D eigenvalue weighted by Gasteiger charge is -2.13. The van der Waals surface area contributed by atoms with E-state index in [1.807, 2.05) is 26.0 Å². The van der Waals surface area contributed by atoms with E-state index in [2.05, 4.69) is 16.0 Å². The van der Waals surface area contributed by atoms with Gasteiger partial charge in [0.05, 0.1) is 19.6 Å². The second-order valence-corrected chi connectivity index (χ2v) is 8.05. The molecule has 1 aliphatic rings. The molecule has 0 aliphatic carbocycles. The predicted octanol–water partition coefficient (Wildman–Crippen LogP) is 2.91. The zero-order valence-electron chi connectivity index (χ0n) is 18.7. The van der Waals surface area contributed by atoms with Crippen molar-refractivity contribution in [1.29, 1.82) is 0 Å². The molecule has 0 bridgehead atoms. The minimum absolute atomic E-state index is 0.216. The summed E-state index contributed by atoms with van der Waals surface area (Å²) in [5, 5.41) is 19.4. The van der Waals surface area contributed by atoms with Gasteiger partial charge in [-0.05, 0) is 60.6 Å². The third kappa shape index (κ3) is 5.15. The summed E-state index contributed by atoms with van der Waals surface area (Å²) >= 11 is 0. The molecule has 170 valence electrons. The molecule has 2 N–H and O–H groups in total. The van der Waals surface area contributed by atoms with E-state index in [1.54, 1.807) is 31.5 Å². The molecular weight excluding hydrogens is 423 g/mol. The summed E-state index contributed by atoms with van der Waals surface area (Å²) in [6.45, 7) is 3.88. The summed E-state index contributed by atoms with van der Waals surface area (Å²) in [6, 6.07) is 11.2. The van der Waals surface area contributed by atoms with Crippen LogP contribution in [0.1, 0.15) is 40.6 Å². The molecule has 0 saturated heterocycles. The standard InChI is InChI=1S/C24H25BN2O6/c1-14-4-6-19(31-3)16(10-14)5-7-21-26-9-8-22(27-21)32-17-11-15(2)24-18(12-17)25(30)33-20(24)13-23(28)29/h4,6,8-12,20,30H,5,7,13H2,1-3H3,(H,28,29). The summed E-state index contributed by atoms with van der Waals surface area (Å²) in [7, 11) is 0.459. The van der Waals surface area contributed by atoms with Crippen LogP contribution >= 0.6 is 0 Å². The number of rotatable bonds is 8. The Hall–Kier alpha value is -3.43. The van der Waals surface area contributed by atoms with Crippen LogP contribution in [0.5, 0.6) is 17.4 Å². The first-order chi connectivity index (χ1) is 15.8. The summed E-state index contributed by atoms with van der Waals surface area (Å²) in [5.74, 6) is 1.35. The van der Waals surface area contributed by atoms with Gasteiger partial charge in [0, 0.05) is 18.7 Å². The van der Waals surface area contributed by atoms with Crippen LogP contribution in [-0.2, 0) is 22.3 Å². The van der Waals surface area contributed by atoms with E-state index in [9.17, 15) is 9.82 Å². The number of aliphatic carboxylic acids is 1. The molecule has 1 aromatic heterocycles. The fourth-order valence-corrected chi connectivity index (χ4v) is 4.13. The van der Waals surface area contributed by atoms with Gasteiger partial charge < -0.3 is 24.3 Å². The molecule has 1 aliphatic heterocycles. The van der Waals surface area contributed by atoms with Crippen molar-refractivity contribution in [2.75, 3.05) is 7.11 Å². The van der Waals surface area contributed by atoms with E-state index >= 15 is 0 Å². The third-order valence-electron chi connectivity index (χ3n) is 5.59. The van der Waals surface area contributed by atoms with Crippen LogP contribution in [0.15, 0.2) is 42.6 Å². The van der Waals surface area contributed by atoms with E-state index in [0.717, 1.165) is 28.9 Å². The zero-order chi connectivity index (χ0) is 23.5. The number of aryl methyl sites for hydroxylation is 4. The van der Waals surface area contributed by atoms with Gasteiger partial charge >= 0.3 is 13.1 Å². The maximum absolute atomic E-state index is 11.1. The molecule has 0 amide bonds. The number of carbonyl (C=O) groups is 1. The fourth-order valence-electron chi connectivity index (χ4n) is 4.13. The first kappa shape index (κ1) is 22.8. The largest absolute Gasteiger partial charge is 0.496 e. The molecule has 4 rings (SSSR count). The Balaban J connectivity index is 1.50. The SMILES string of the molecule is COc1ccc(C)cc1CCc1nccc(Oc2cc(C)c3c(c2)B(O)OC3CC(=O)O)n1. The first-order valence-corrected chi connectivity index (χ1v) is 10.7. The Morgan fingerprint density at radius 3 is 2.76 bits per heavy atom. The molecule has 9 heteroatoms. The number of fused-ring (bicyclic) bond motifs is 1. The highest BCUT2D eigenvalue weighted by Gasteiger charge is 2.37. The third-order valence-corrected chi connectivity index (χ3v) is 5.59. The normalized spacial score (nSPS) is 14.8. The topological polar surface area (TPSA) is 111 Å². The zero-order valence-corrected chi connectivity index (χ0v) is 18.7. The Kier molecular flexibility index (Phi) is 6.62. The summed E-state index contributed by atoms with van der Waals surface area (Å²) in [6.07, 6.45) is 2.08. The van der Waals surface area contributed by atoms with Crippen molar-refractivity contribution in [1.82, 2.24) is 9.97 Å². The number of carboxylic acids is 1. The average molecular weight is 448 g/mol. The maximum atomic E-state index is 11.1. The van der Waals surface area contributed by atoms with Gasteiger partial charge in [-0.2, -0.15) is 4.98 Å². The van der Waals surface area contributed by atoms with Gasteiger partial charge in [-0.1, -0.05) is 17.7 Å². The van der Waals surface area contributed by atoms with Crippen LogP contribution in [0.4, 0.5) is 0 Å². The van der Waals surface area contributed by atoms with E-state index in [1.165, 1.54) is 0 Å². The minimum Gasteiger partial charge on any atom is -0.496 e. The lowest BCUT2D eigenvalue weighted by atomic mass is 9.77. The van der Waals surface area contributed by atoms with Gasteiger partial charge in [0.25, 0.3) is 0 Å². The number of aromatic nitrogens is 2. The van der Waals surface area contributed by atoms with Crippen molar-refractivity contribution in [3.8, 4) is 17.4 Å². The average Bonchev–Trinajstić information content (AvgIpc) is 3.07. The molecule has 0 saturated carbocycles. The number of hydrogen-bond donors (Lipinski definition) is 2. The number of hydrogen-bond acceptors (Lipinski definition) is 7. The smallest absolute Gasteiger partial charge is 0.492 e. The Labute approximate surface area is 192 Å². The maximum Gasteiger partial charge on any atom is 0.492 e. The number of carboxylic acid groups (broad SMARTS) is 1. The first-order valence-electron chi connectivity index (χ1n) is 10.7. The van der Waals surface area contributed by atoms with Crippen LogP contribution in [0, 0.1) is 13.8 Å². The number of ether oxygens (including phenoxy) is 2. The predicted molar refractivity (Wildman–Crippen MR) is 122 cm³/mol. The molecule has 8 nitrogen and oxygen atoms in total. The van der Waals surface area contributed by atoms with E-state index in [0.29, 0.717) is 34.9 Å². The van der Waals surface area contributed by atoms with Crippen LogP contribution < -0.4 is 14.9 Å². The van der Waals surface area contributed by atoms with E-state index < -0.39 is 19.2 Å². The highest BCUT2D eigenvalue weighted by Crippen LogP contribution is 2.33. The highest BCUT2D eigenvalue weighted by atomic mass is 16.5. The monoisotopic (exact) mass is 448 g/mol. The lowest BCUT2D eigenvalue weighted by molar-refractivity contribution is -0.138. The summed E-state index contributed by atoms with van der Waals surface area (Å²) < 4.78 is 16.8.